The molecule has 11 nitrogen and oxygen atoms in total. The first-order chi connectivity index (χ1) is 23.5. The average Bonchev–Trinajstić information content (AvgIpc) is 3.51. The maximum atomic E-state index is 17.3. The Labute approximate surface area is 282 Å². The molecule has 0 radical (unpaired) electrons. The van der Waals surface area contributed by atoms with Crippen LogP contribution in [0.3, 0.4) is 0 Å². The molecule has 4 atom stereocenters. The quantitative estimate of drug-likeness (QED) is 0.324. The van der Waals surface area contributed by atoms with Gasteiger partial charge in [0.1, 0.15) is 30.2 Å². The SMILES string of the molecule is O=C1COCC2CC2c2c(Cl)cc3[nH]ncc3c2-c2ncc3c(nc(OCC45CCCN4CCC5)nc3c2F)N2CCC3CCN1C3C2. The van der Waals surface area contributed by atoms with E-state index in [1.165, 1.54) is 0 Å². The summed E-state index contributed by atoms with van der Waals surface area (Å²) in [5.74, 6) is 0.701. The maximum Gasteiger partial charge on any atom is 0.319 e. The molecule has 1 amide bonds. The van der Waals surface area contributed by atoms with Gasteiger partial charge in [0.25, 0.3) is 0 Å². The molecule has 5 fully saturated rings. The largest absolute Gasteiger partial charge is 0.461 e. The molecule has 1 aliphatic carbocycles. The van der Waals surface area contributed by atoms with Crippen LogP contribution < -0.4 is 9.64 Å². The minimum Gasteiger partial charge on any atom is -0.461 e. The van der Waals surface area contributed by atoms with Crippen LogP contribution in [0.2, 0.25) is 5.02 Å². The fraction of sp³-hybridized carbons (Fsp3) is 0.571. The van der Waals surface area contributed by atoms with Gasteiger partial charge < -0.3 is 19.3 Å². The summed E-state index contributed by atoms with van der Waals surface area (Å²) in [5.41, 5.74) is 2.50. The van der Waals surface area contributed by atoms with Crippen molar-refractivity contribution in [1.82, 2.24) is 34.9 Å². The van der Waals surface area contributed by atoms with Crippen LogP contribution in [0, 0.1) is 17.7 Å². The second-order valence-corrected chi connectivity index (χ2v) is 15.2. The number of fused-ring (bicyclic) bond motifs is 6. The predicted molar refractivity (Wildman–Crippen MR) is 178 cm³/mol. The number of carbonyl (C=O) groups excluding carboxylic acids is 1. The first-order valence-corrected chi connectivity index (χ1v) is 17.9. The van der Waals surface area contributed by atoms with Gasteiger partial charge in [-0.25, -0.2) is 4.39 Å². The lowest BCUT2D eigenvalue weighted by Gasteiger charge is -2.39. The molecule has 1 N–H and O–H groups in total. The lowest BCUT2D eigenvalue weighted by Crippen LogP contribution is -2.51. The summed E-state index contributed by atoms with van der Waals surface area (Å²) in [6.07, 6.45) is 10.6. The van der Waals surface area contributed by atoms with E-state index in [-0.39, 0.29) is 53.2 Å². The lowest BCUT2D eigenvalue weighted by atomic mass is 9.92. The highest BCUT2D eigenvalue weighted by Gasteiger charge is 2.46. The van der Waals surface area contributed by atoms with Crippen molar-refractivity contribution in [2.75, 3.05) is 57.4 Å². The molecular weight excluding hydrogens is 635 g/mol. The minimum atomic E-state index is -0.529. The average molecular weight is 673 g/mol. The van der Waals surface area contributed by atoms with E-state index in [9.17, 15) is 4.79 Å². The van der Waals surface area contributed by atoms with E-state index in [1.54, 1.807) is 12.4 Å². The number of anilines is 1. The van der Waals surface area contributed by atoms with Crippen LogP contribution in [0.1, 0.15) is 56.4 Å². The zero-order valence-electron chi connectivity index (χ0n) is 26.8. The Morgan fingerprint density at radius 3 is 2.81 bits per heavy atom. The molecular formula is C35H38ClFN8O3. The van der Waals surface area contributed by atoms with Crippen molar-refractivity contribution in [3.63, 3.8) is 0 Å². The molecule has 0 spiro atoms. The van der Waals surface area contributed by atoms with Gasteiger partial charge in [0, 0.05) is 41.8 Å². The monoisotopic (exact) mass is 672 g/mol. The highest BCUT2D eigenvalue weighted by atomic mass is 35.5. The van der Waals surface area contributed by atoms with E-state index in [0.29, 0.717) is 53.0 Å². The Hall–Kier alpha value is -3.61. The molecule has 4 aromatic rings. The van der Waals surface area contributed by atoms with Crippen molar-refractivity contribution in [2.45, 2.75) is 62.4 Å². The molecule has 7 aliphatic rings. The van der Waals surface area contributed by atoms with Crippen LogP contribution in [0.5, 0.6) is 6.01 Å². The van der Waals surface area contributed by atoms with Gasteiger partial charge in [-0.3, -0.25) is 19.8 Å². The second-order valence-electron chi connectivity index (χ2n) is 14.8. The van der Waals surface area contributed by atoms with Crippen molar-refractivity contribution in [3.8, 4) is 17.3 Å². The van der Waals surface area contributed by atoms with Crippen LogP contribution >= 0.6 is 11.6 Å². The molecule has 6 bridgehead atoms. The Morgan fingerprint density at radius 1 is 1.08 bits per heavy atom. The molecule has 4 unspecified atom stereocenters. The van der Waals surface area contributed by atoms with Gasteiger partial charge in [-0.15, -0.1) is 0 Å². The number of carbonyl (C=O) groups is 1. The molecule has 13 heteroatoms. The summed E-state index contributed by atoms with van der Waals surface area (Å²) < 4.78 is 29.8. The number of piperidine rings is 1. The Morgan fingerprint density at radius 2 is 1.94 bits per heavy atom. The normalized spacial score (nSPS) is 27.9. The number of aromatic amines is 1. The fourth-order valence-electron chi connectivity index (χ4n) is 9.66. The molecule has 1 aromatic carbocycles. The number of hydrogen-bond acceptors (Lipinski definition) is 9. The third-order valence-electron chi connectivity index (χ3n) is 12.2. The van der Waals surface area contributed by atoms with Gasteiger partial charge >= 0.3 is 6.01 Å². The van der Waals surface area contributed by atoms with Crippen LogP contribution in [-0.4, -0.2) is 105 Å². The molecule has 250 valence electrons. The Kier molecular flexibility index (Phi) is 6.69. The topological polar surface area (TPSA) is 113 Å². The van der Waals surface area contributed by atoms with Gasteiger partial charge in [0.2, 0.25) is 5.91 Å². The summed E-state index contributed by atoms with van der Waals surface area (Å²) in [6.45, 7) is 5.19. The van der Waals surface area contributed by atoms with E-state index in [4.69, 9.17) is 36.0 Å². The molecule has 3 aromatic heterocycles. The Balaban J connectivity index is 1.15. The minimum absolute atomic E-state index is 0.0127. The number of rotatable bonds is 3. The summed E-state index contributed by atoms with van der Waals surface area (Å²) in [7, 11) is 0. The first-order valence-electron chi connectivity index (χ1n) is 17.5. The van der Waals surface area contributed by atoms with Crippen LogP contribution in [-0.2, 0) is 9.53 Å². The zero-order valence-corrected chi connectivity index (χ0v) is 27.5. The second kappa shape index (κ2) is 10.9. The summed E-state index contributed by atoms with van der Waals surface area (Å²) >= 11 is 6.97. The van der Waals surface area contributed by atoms with E-state index >= 15 is 4.39 Å². The zero-order chi connectivity index (χ0) is 32.1. The molecule has 11 rings (SSSR count). The number of hydrogen-bond donors (Lipinski definition) is 1. The number of halogens is 2. The summed E-state index contributed by atoms with van der Waals surface area (Å²) in [4.78, 5) is 34.8. The smallest absolute Gasteiger partial charge is 0.319 e. The first kappa shape index (κ1) is 29.3. The van der Waals surface area contributed by atoms with Gasteiger partial charge in [0.05, 0.1) is 35.3 Å². The highest BCUT2D eigenvalue weighted by Crippen LogP contribution is 2.54. The summed E-state index contributed by atoms with van der Waals surface area (Å²) in [5, 5.41) is 9.08. The summed E-state index contributed by atoms with van der Waals surface area (Å²) in [6, 6.07) is 2.06. The van der Waals surface area contributed by atoms with E-state index < -0.39 is 5.82 Å². The number of H-pyrrole nitrogens is 1. The third kappa shape index (κ3) is 4.47. The number of pyridine rings is 1. The van der Waals surface area contributed by atoms with Crippen LogP contribution in [0.15, 0.2) is 18.5 Å². The number of benzene rings is 1. The molecule has 9 heterocycles. The third-order valence-corrected chi connectivity index (χ3v) is 12.5. The maximum absolute atomic E-state index is 17.3. The molecule has 48 heavy (non-hydrogen) atoms. The van der Waals surface area contributed by atoms with Crippen molar-refractivity contribution < 1.29 is 18.7 Å². The lowest BCUT2D eigenvalue weighted by molar-refractivity contribution is -0.137. The van der Waals surface area contributed by atoms with Gasteiger partial charge in [-0.05, 0) is 87.4 Å². The van der Waals surface area contributed by atoms with Gasteiger partial charge in [-0.1, -0.05) is 11.6 Å². The fourth-order valence-corrected chi connectivity index (χ4v) is 10.0. The molecule has 1 saturated carbocycles. The highest BCUT2D eigenvalue weighted by molar-refractivity contribution is 6.33. The van der Waals surface area contributed by atoms with E-state index in [0.717, 1.165) is 82.1 Å². The van der Waals surface area contributed by atoms with Gasteiger partial charge in [-0.2, -0.15) is 15.1 Å². The molecule has 4 saturated heterocycles. The van der Waals surface area contributed by atoms with Crippen molar-refractivity contribution in [1.29, 1.82) is 0 Å². The predicted octanol–water partition coefficient (Wildman–Crippen LogP) is 4.93. The Bertz CT molecular complexity index is 1960. The van der Waals surface area contributed by atoms with Crippen molar-refractivity contribution in [2.24, 2.45) is 11.8 Å². The van der Waals surface area contributed by atoms with Crippen molar-refractivity contribution in [3.05, 3.63) is 34.9 Å². The van der Waals surface area contributed by atoms with Crippen LogP contribution in [0.25, 0.3) is 33.1 Å². The molecule has 6 aliphatic heterocycles. The number of nitrogens with zero attached hydrogens (tertiary/aromatic N) is 7. The van der Waals surface area contributed by atoms with E-state index in [1.807, 2.05) is 11.0 Å². The number of nitrogens with one attached hydrogen (secondary N) is 1. The van der Waals surface area contributed by atoms with Crippen molar-refractivity contribution >= 4 is 45.1 Å². The van der Waals surface area contributed by atoms with Crippen LogP contribution in [0.4, 0.5) is 10.2 Å². The van der Waals surface area contributed by atoms with E-state index in [2.05, 4.69) is 20.0 Å². The number of ether oxygens (including phenoxy) is 2. The number of aromatic nitrogens is 5. The standard InChI is InChI=1S/C35H38ClFN8O3/c36-24-12-25-22(14-39-42-25)29-28(24)21-11-20(21)16-47-17-27(46)45-10-4-19-3-9-43(15-26(19)45)33-23-13-38-32(29)30(37)31(23)40-34(41-33)48-18-35-5-1-7-44(35)8-2-6-35/h12-14,19-21,26H,1-11,15-18H2,(H,39,42). The number of amides is 1. The van der Waals surface area contributed by atoms with Gasteiger partial charge in [0.15, 0.2) is 5.82 Å².